The Morgan fingerprint density at radius 1 is 0.947 bits per heavy atom. The predicted molar refractivity (Wildman–Crippen MR) is 77.4 cm³/mol. The SMILES string of the molecule is Nc1nc2c(c(N3CCCCCC3)n1)CCNCC2. The monoisotopic (exact) mass is 261 g/mol. The number of nitrogens with one attached hydrogen (secondary N) is 1. The van der Waals surface area contributed by atoms with Crippen molar-refractivity contribution in [3.63, 3.8) is 0 Å². The Labute approximate surface area is 114 Å². The second-order valence-electron chi connectivity index (χ2n) is 5.48. The Bertz CT molecular complexity index is 438. The van der Waals surface area contributed by atoms with Crippen LogP contribution in [0.25, 0.3) is 0 Å². The Morgan fingerprint density at radius 3 is 2.47 bits per heavy atom. The van der Waals surface area contributed by atoms with E-state index in [-0.39, 0.29) is 0 Å². The normalized spacial score (nSPS) is 20.5. The van der Waals surface area contributed by atoms with Gasteiger partial charge in [-0.3, -0.25) is 0 Å². The number of aromatic nitrogens is 2. The standard InChI is InChI=1S/C14H23N5/c15-14-17-12-6-8-16-7-5-11(12)13(18-14)19-9-3-1-2-4-10-19/h16H,1-10H2,(H2,15,17,18). The summed E-state index contributed by atoms with van der Waals surface area (Å²) in [6, 6.07) is 0. The van der Waals surface area contributed by atoms with E-state index in [1.54, 1.807) is 0 Å². The second kappa shape index (κ2) is 5.74. The Hall–Kier alpha value is -1.36. The summed E-state index contributed by atoms with van der Waals surface area (Å²) < 4.78 is 0. The van der Waals surface area contributed by atoms with E-state index in [1.165, 1.54) is 31.2 Å². The Morgan fingerprint density at radius 2 is 1.68 bits per heavy atom. The number of nitrogens with two attached hydrogens (primary N) is 1. The maximum Gasteiger partial charge on any atom is 0.222 e. The highest BCUT2D eigenvalue weighted by molar-refractivity contribution is 5.52. The van der Waals surface area contributed by atoms with Gasteiger partial charge in [0.15, 0.2) is 0 Å². The van der Waals surface area contributed by atoms with Crippen molar-refractivity contribution < 1.29 is 0 Å². The lowest BCUT2D eigenvalue weighted by Crippen LogP contribution is -2.27. The average molecular weight is 261 g/mol. The maximum atomic E-state index is 5.91. The van der Waals surface area contributed by atoms with Gasteiger partial charge in [0.1, 0.15) is 5.82 Å². The van der Waals surface area contributed by atoms with Crippen LogP contribution in [0.1, 0.15) is 36.9 Å². The maximum absolute atomic E-state index is 5.91. The minimum absolute atomic E-state index is 0.430. The molecule has 0 spiro atoms. The zero-order chi connectivity index (χ0) is 13.1. The topological polar surface area (TPSA) is 67.1 Å². The first-order valence-corrected chi connectivity index (χ1v) is 7.45. The zero-order valence-corrected chi connectivity index (χ0v) is 11.5. The van der Waals surface area contributed by atoms with Gasteiger partial charge in [0.2, 0.25) is 5.95 Å². The van der Waals surface area contributed by atoms with Gasteiger partial charge >= 0.3 is 0 Å². The Kier molecular flexibility index (Phi) is 3.82. The highest BCUT2D eigenvalue weighted by atomic mass is 15.2. The van der Waals surface area contributed by atoms with Crippen molar-refractivity contribution in [1.29, 1.82) is 0 Å². The fourth-order valence-electron chi connectivity index (χ4n) is 3.09. The van der Waals surface area contributed by atoms with Crippen LogP contribution in [-0.4, -0.2) is 36.1 Å². The van der Waals surface area contributed by atoms with Crippen LogP contribution in [0.5, 0.6) is 0 Å². The molecule has 2 aliphatic heterocycles. The van der Waals surface area contributed by atoms with Crippen molar-refractivity contribution in [3.8, 4) is 0 Å². The summed E-state index contributed by atoms with van der Waals surface area (Å²) in [6.45, 7) is 4.22. The van der Waals surface area contributed by atoms with E-state index >= 15 is 0 Å². The Balaban J connectivity index is 1.96. The zero-order valence-electron chi connectivity index (χ0n) is 11.5. The van der Waals surface area contributed by atoms with Gasteiger partial charge in [-0.15, -0.1) is 0 Å². The van der Waals surface area contributed by atoms with Crippen LogP contribution in [0.4, 0.5) is 11.8 Å². The molecule has 0 saturated carbocycles. The molecule has 5 heteroatoms. The van der Waals surface area contributed by atoms with Crippen LogP contribution in [0.2, 0.25) is 0 Å². The lowest BCUT2D eigenvalue weighted by atomic mass is 10.1. The molecule has 19 heavy (non-hydrogen) atoms. The summed E-state index contributed by atoms with van der Waals surface area (Å²) in [5.74, 6) is 1.54. The van der Waals surface area contributed by atoms with E-state index in [2.05, 4.69) is 20.2 Å². The van der Waals surface area contributed by atoms with Crippen LogP contribution in [0.15, 0.2) is 0 Å². The molecule has 0 atom stereocenters. The van der Waals surface area contributed by atoms with Crippen molar-refractivity contribution >= 4 is 11.8 Å². The molecule has 0 radical (unpaired) electrons. The quantitative estimate of drug-likeness (QED) is 0.793. The summed E-state index contributed by atoms with van der Waals surface area (Å²) in [5.41, 5.74) is 8.38. The molecule has 104 valence electrons. The van der Waals surface area contributed by atoms with Crippen LogP contribution in [0, 0.1) is 0 Å². The van der Waals surface area contributed by atoms with E-state index in [0.717, 1.165) is 50.5 Å². The number of hydrogen-bond donors (Lipinski definition) is 2. The third kappa shape index (κ3) is 2.81. The van der Waals surface area contributed by atoms with Crippen molar-refractivity contribution in [2.75, 3.05) is 36.8 Å². The van der Waals surface area contributed by atoms with Gasteiger partial charge in [-0.2, -0.15) is 4.98 Å². The molecule has 1 aromatic rings. The number of fused-ring (bicyclic) bond motifs is 1. The van der Waals surface area contributed by atoms with Gasteiger partial charge in [-0.05, 0) is 25.8 Å². The van der Waals surface area contributed by atoms with Crippen molar-refractivity contribution in [3.05, 3.63) is 11.3 Å². The minimum atomic E-state index is 0.430. The third-order valence-corrected chi connectivity index (χ3v) is 4.08. The van der Waals surface area contributed by atoms with Gasteiger partial charge in [0.25, 0.3) is 0 Å². The first-order chi connectivity index (χ1) is 9.34. The summed E-state index contributed by atoms with van der Waals surface area (Å²) in [5, 5.41) is 3.43. The number of hydrogen-bond acceptors (Lipinski definition) is 5. The fourth-order valence-corrected chi connectivity index (χ4v) is 3.09. The van der Waals surface area contributed by atoms with E-state index in [9.17, 15) is 0 Å². The molecular formula is C14H23N5. The van der Waals surface area contributed by atoms with E-state index in [4.69, 9.17) is 5.73 Å². The predicted octanol–water partition coefficient (Wildman–Crippen LogP) is 1.13. The molecule has 1 saturated heterocycles. The second-order valence-corrected chi connectivity index (χ2v) is 5.48. The third-order valence-electron chi connectivity index (χ3n) is 4.08. The molecule has 0 amide bonds. The van der Waals surface area contributed by atoms with Crippen LogP contribution >= 0.6 is 0 Å². The minimum Gasteiger partial charge on any atom is -0.368 e. The number of anilines is 2. The van der Waals surface area contributed by atoms with Gasteiger partial charge < -0.3 is 16.0 Å². The number of nitrogen functional groups attached to an aromatic ring is 1. The molecule has 0 unspecified atom stereocenters. The van der Waals surface area contributed by atoms with E-state index in [1.807, 2.05) is 0 Å². The van der Waals surface area contributed by atoms with Crippen LogP contribution in [0.3, 0.4) is 0 Å². The summed E-state index contributed by atoms with van der Waals surface area (Å²) in [7, 11) is 0. The first-order valence-electron chi connectivity index (χ1n) is 7.45. The molecule has 3 N–H and O–H groups in total. The lowest BCUT2D eigenvalue weighted by Gasteiger charge is -2.25. The summed E-state index contributed by atoms with van der Waals surface area (Å²) >= 11 is 0. The van der Waals surface area contributed by atoms with Crippen LogP contribution < -0.4 is 16.0 Å². The van der Waals surface area contributed by atoms with Gasteiger partial charge in [0.05, 0.1) is 5.69 Å². The molecule has 0 aromatic carbocycles. The summed E-state index contributed by atoms with van der Waals surface area (Å²) in [6.07, 6.45) is 7.17. The first kappa shape index (κ1) is 12.7. The molecule has 3 heterocycles. The van der Waals surface area contributed by atoms with Crippen molar-refractivity contribution in [1.82, 2.24) is 15.3 Å². The molecule has 2 aliphatic rings. The molecule has 0 aliphatic carbocycles. The highest BCUT2D eigenvalue weighted by Crippen LogP contribution is 2.26. The van der Waals surface area contributed by atoms with E-state index < -0.39 is 0 Å². The lowest BCUT2D eigenvalue weighted by molar-refractivity contribution is 0.707. The fraction of sp³-hybridized carbons (Fsp3) is 0.714. The summed E-state index contributed by atoms with van der Waals surface area (Å²) in [4.78, 5) is 11.4. The smallest absolute Gasteiger partial charge is 0.222 e. The number of nitrogens with zero attached hydrogens (tertiary/aromatic N) is 3. The van der Waals surface area contributed by atoms with Crippen molar-refractivity contribution in [2.24, 2.45) is 0 Å². The molecule has 1 aromatic heterocycles. The van der Waals surface area contributed by atoms with Gasteiger partial charge in [-0.1, -0.05) is 12.8 Å². The molecule has 3 rings (SSSR count). The average Bonchev–Trinajstić information content (AvgIpc) is 2.79. The number of rotatable bonds is 1. The van der Waals surface area contributed by atoms with E-state index in [0.29, 0.717) is 5.95 Å². The highest BCUT2D eigenvalue weighted by Gasteiger charge is 2.20. The van der Waals surface area contributed by atoms with Gasteiger partial charge in [0, 0.05) is 31.6 Å². The molecular weight excluding hydrogens is 238 g/mol. The van der Waals surface area contributed by atoms with Crippen molar-refractivity contribution in [2.45, 2.75) is 38.5 Å². The van der Waals surface area contributed by atoms with Crippen LogP contribution in [-0.2, 0) is 12.8 Å². The largest absolute Gasteiger partial charge is 0.368 e. The molecule has 1 fully saturated rings. The molecule has 0 bridgehead atoms. The molecule has 5 nitrogen and oxygen atoms in total. The van der Waals surface area contributed by atoms with Gasteiger partial charge in [-0.25, -0.2) is 4.98 Å².